The molecule has 102 valence electrons. The van der Waals surface area contributed by atoms with E-state index in [-0.39, 0.29) is 12.5 Å². The Morgan fingerprint density at radius 1 is 1.53 bits per heavy atom. The van der Waals surface area contributed by atoms with Gasteiger partial charge in [0.05, 0.1) is 6.54 Å². The molecule has 0 aliphatic carbocycles. The Kier molecular flexibility index (Phi) is 4.36. The topological polar surface area (TPSA) is 71.3 Å². The smallest absolute Gasteiger partial charge is 0.239 e. The van der Waals surface area contributed by atoms with Crippen LogP contribution in [0.25, 0.3) is 5.65 Å². The first-order valence-corrected chi connectivity index (χ1v) is 6.85. The van der Waals surface area contributed by atoms with Gasteiger partial charge in [-0.15, -0.1) is 0 Å². The van der Waals surface area contributed by atoms with Gasteiger partial charge in [-0.05, 0) is 21.8 Å². The molecule has 0 saturated carbocycles. The zero-order valence-corrected chi connectivity index (χ0v) is 12.4. The van der Waals surface area contributed by atoms with Gasteiger partial charge in [0.25, 0.3) is 0 Å². The molecule has 6 nitrogen and oxygen atoms in total. The third-order valence-electron chi connectivity index (χ3n) is 2.47. The molecule has 0 aromatic carbocycles. The Bertz CT molecular complexity index is 581. The molecule has 0 aliphatic heterocycles. The summed E-state index contributed by atoms with van der Waals surface area (Å²) in [5.41, 5.74) is 0.694. The van der Waals surface area contributed by atoms with Crippen molar-refractivity contribution in [3.63, 3.8) is 0 Å². The summed E-state index contributed by atoms with van der Waals surface area (Å²) in [6.45, 7) is 4.96. The van der Waals surface area contributed by atoms with Crippen LogP contribution in [0.5, 0.6) is 0 Å². The molecular weight excluding hydrogens is 310 g/mol. The largest absolute Gasteiger partial charge is 0.358 e. The number of hydrogen-bond acceptors (Lipinski definition) is 4. The number of imidazole rings is 1. The van der Waals surface area contributed by atoms with E-state index in [1.807, 2.05) is 16.8 Å². The van der Waals surface area contributed by atoms with E-state index in [2.05, 4.69) is 50.4 Å². The van der Waals surface area contributed by atoms with E-state index in [0.717, 1.165) is 0 Å². The van der Waals surface area contributed by atoms with Crippen molar-refractivity contribution in [1.82, 2.24) is 19.7 Å². The number of fused-ring (bicyclic) bond motifs is 1. The van der Waals surface area contributed by atoms with Crippen molar-refractivity contribution in [2.45, 2.75) is 13.8 Å². The summed E-state index contributed by atoms with van der Waals surface area (Å²) >= 11 is 3.32. The molecule has 0 saturated heterocycles. The average molecular weight is 326 g/mol. The molecule has 2 heterocycles. The first-order valence-electron chi connectivity index (χ1n) is 6.06. The van der Waals surface area contributed by atoms with Crippen LogP contribution in [0.2, 0.25) is 0 Å². The van der Waals surface area contributed by atoms with Crippen LogP contribution in [-0.4, -0.2) is 33.4 Å². The highest BCUT2D eigenvalue weighted by Crippen LogP contribution is 2.16. The molecule has 0 fully saturated rings. The number of hydrogen-bond donors (Lipinski definition) is 2. The number of anilines is 1. The summed E-state index contributed by atoms with van der Waals surface area (Å²) in [7, 11) is 0. The number of rotatable bonds is 5. The minimum atomic E-state index is -0.0554. The SMILES string of the molecule is CC(C)CNC(=O)CNc1nc(Br)cn2ccnc12. The van der Waals surface area contributed by atoms with E-state index in [9.17, 15) is 4.79 Å². The predicted octanol–water partition coefficient (Wildman–Crippen LogP) is 1.68. The molecule has 0 radical (unpaired) electrons. The maximum absolute atomic E-state index is 11.6. The Labute approximate surface area is 119 Å². The summed E-state index contributed by atoms with van der Waals surface area (Å²) in [6.07, 6.45) is 5.33. The maximum atomic E-state index is 11.6. The predicted molar refractivity (Wildman–Crippen MR) is 77.0 cm³/mol. The van der Waals surface area contributed by atoms with Gasteiger partial charge in [-0.25, -0.2) is 9.97 Å². The highest BCUT2D eigenvalue weighted by molar-refractivity contribution is 9.10. The average Bonchev–Trinajstić information content (AvgIpc) is 2.81. The molecule has 2 N–H and O–H groups in total. The van der Waals surface area contributed by atoms with E-state index in [1.165, 1.54) is 0 Å². The lowest BCUT2D eigenvalue weighted by Crippen LogP contribution is -2.32. The Balaban J connectivity index is 2.01. The summed E-state index contributed by atoms with van der Waals surface area (Å²) in [5.74, 6) is 0.964. The minimum absolute atomic E-state index is 0.0554. The first-order chi connectivity index (χ1) is 9.06. The first kappa shape index (κ1) is 13.8. The van der Waals surface area contributed by atoms with Crippen molar-refractivity contribution in [3.8, 4) is 0 Å². The number of halogens is 1. The van der Waals surface area contributed by atoms with E-state index >= 15 is 0 Å². The van der Waals surface area contributed by atoms with Gasteiger partial charge in [0.1, 0.15) is 4.60 Å². The molecule has 0 atom stereocenters. The number of carbonyl (C=O) groups excluding carboxylic acids is 1. The fraction of sp³-hybridized carbons (Fsp3) is 0.417. The van der Waals surface area contributed by atoms with Crippen LogP contribution in [0.1, 0.15) is 13.8 Å². The molecular formula is C12H16BrN5O. The van der Waals surface area contributed by atoms with Crippen LogP contribution in [0.15, 0.2) is 23.2 Å². The lowest BCUT2D eigenvalue weighted by atomic mass is 10.2. The van der Waals surface area contributed by atoms with Gasteiger partial charge in [-0.2, -0.15) is 0 Å². The Morgan fingerprint density at radius 3 is 3.05 bits per heavy atom. The normalized spacial score (nSPS) is 10.9. The van der Waals surface area contributed by atoms with Crippen LogP contribution in [0.4, 0.5) is 5.82 Å². The van der Waals surface area contributed by atoms with Crippen molar-refractivity contribution < 1.29 is 4.79 Å². The van der Waals surface area contributed by atoms with Crippen LogP contribution in [0, 0.1) is 5.92 Å². The zero-order chi connectivity index (χ0) is 13.8. The third kappa shape index (κ3) is 3.66. The van der Waals surface area contributed by atoms with Gasteiger partial charge in [0.15, 0.2) is 11.5 Å². The number of nitrogens with one attached hydrogen (secondary N) is 2. The van der Waals surface area contributed by atoms with E-state index in [1.54, 1.807) is 6.20 Å². The summed E-state index contributed by atoms with van der Waals surface area (Å²) in [5, 5.41) is 5.84. The molecule has 0 bridgehead atoms. The number of carbonyl (C=O) groups is 1. The maximum Gasteiger partial charge on any atom is 0.239 e. The molecule has 2 aromatic heterocycles. The summed E-state index contributed by atoms with van der Waals surface area (Å²) < 4.78 is 2.52. The molecule has 0 unspecified atom stereocenters. The lowest BCUT2D eigenvalue weighted by Gasteiger charge is -2.09. The zero-order valence-electron chi connectivity index (χ0n) is 10.9. The monoisotopic (exact) mass is 325 g/mol. The Morgan fingerprint density at radius 2 is 2.32 bits per heavy atom. The van der Waals surface area contributed by atoms with Crippen molar-refractivity contribution in [2.24, 2.45) is 5.92 Å². The molecule has 2 rings (SSSR count). The number of aromatic nitrogens is 3. The highest BCUT2D eigenvalue weighted by Gasteiger charge is 2.08. The number of amides is 1. The van der Waals surface area contributed by atoms with Gasteiger partial charge < -0.3 is 15.0 Å². The van der Waals surface area contributed by atoms with Gasteiger partial charge in [-0.3, -0.25) is 4.79 Å². The molecule has 2 aromatic rings. The number of nitrogens with zero attached hydrogens (tertiary/aromatic N) is 3. The third-order valence-corrected chi connectivity index (χ3v) is 2.85. The van der Waals surface area contributed by atoms with Crippen LogP contribution < -0.4 is 10.6 Å². The van der Waals surface area contributed by atoms with Crippen molar-refractivity contribution in [2.75, 3.05) is 18.4 Å². The van der Waals surface area contributed by atoms with Crippen molar-refractivity contribution in [3.05, 3.63) is 23.2 Å². The van der Waals surface area contributed by atoms with E-state index < -0.39 is 0 Å². The summed E-state index contributed by atoms with van der Waals surface area (Å²) in [4.78, 5) is 20.1. The second-order valence-corrected chi connectivity index (χ2v) is 5.43. The highest BCUT2D eigenvalue weighted by atomic mass is 79.9. The van der Waals surface area contributed by atoms with E-state index in [4.69, 9.17) is 0 Å². The van der Waals surface area contributed by atoms with E-state index in [0.29, 0.717) is 28.5 Å². The quantitative estimate of drug-likeness (QED) is 0.877. The van der Waals surface area contributed by atoms with Crippen LogP contribution in [-0.2, 0) is 4.79 Å². The second-order valence-electron chi connectivity index (χ2n) is 4.62. The molecule has 0 spiro atoms. The van der Waals surface area contributed by atoms with Crippen LogP contribution in [0.3, 0.4) is 0 Å². The van der Waals surface area contributed by atoms with Gasteiger partial charge in [0.2, 0.25) is 5.91 Å². The van der Waals surface area contributed by atoms with Gasteiger partial charge in [-0.1, -0.05) is 13.8 Å². The lowest BCUT2D eigenvalue weighted by molar-refractivity contribution is -0.119. The standard InChI is InChI=1S/C12H16BrN5O/c1-8(2)5-15-10(19)6-16-11-12-14-3-4-18(12)7-9(13)17-11/h3-4,7-8H,5-6H2,1-2H3,(H,15,19)(H,16,17). The van der Waals surface area contributed by atoms with Crippen LogP contribution >= 0.6 is 15.9 Å². The fourth-order valence-corrected chi connectivity index (χ4v) is 1.96. The van der Waals surface area contributed by atoms with Crippen molar-refractivity contribution in [1.29, 1.82) is 0 Å². The van der Waals surface area contributed by atoms with Crippen molar-refractivity contribution >= 4 is 33.3 Å². The van der Waals surface area contributed by atoms with Gasteiger partial charge in [0, 0.05) is 25.1 Å². The van der Waals surface area contributed by atoms with Gasteiger partial charge >= 0.3 is 0 Å². The Hall–Kier alpha value is -1.63. The molecule has 19 heavy (non-hydrogen) atoms. The fourth-order valence-electron chi connectivity index (χ4n) is 1.56. The summed E-state index contributed by atoms with van der Waals surface area (Å²) in [6, 6.07) is 0. The molecule has 7 heteroatoms. The second kappa shape index (κ2) is 6.01. The molecule has 0 aliphatic rings. The molecule has 1 amide bonds. The minimum Gasteiger partial charge on any atom is -0.358 e.